The lowest BCUT2D eigenvalue weighted by atomic mass is 10.0. The van der Waals surface area contributed by atoms with Gasteiger partial charge in [-0.15, -0.1) is 0 Å². The van der Waals surface area contributed by atoms with Crippen LogP contribution in [0.5, 0.6) is 0 Å². The number of aromatic nitrogens is 1. The molecule has 6 nitrogen and oxygen atoms in total. The maximum absolute atomic E-state index is 12.0. The Bertz CT molecular complexity index is 843. The average Bonchev–Trinajstić information content (AvgIpc) is 2.60. The number of rotatable bonds is 2. The summed E-state index contributed by atoms with van der Waals surface area (Å²) in [5, 5.41) is 13.4. The van der Waals surface area contributed by atoms with Gasteiger partial charge in [0.25, 0.3) is 0 Å². The zero-order valence-corrected chi connectivity index (χ0v) is 15.5. The van der Waals surface area contributed by atoms with E-state index in [1.165, 1.54) is 0 Å². The molecule has 1 aliphatic heterocycles. The fraction of sp³-hybridized carbons (Fsp3) is 0.450. The first-order valence-corrected chi connectivity index (χ1v) is 8.90. The third kappa shape index (κ3) is 4.05. The van der Waals surface area contributed by atoms with Crippen molar-refractivity contribution in [3.8, 4) is 6.07 Å². The highest BCUT2D eigenvalue weighted by Crippen LogP contribution is 2.31. The highest BCUT2D eigenvalue weighted by atomic mass is 16.6. The Balaban J connectivity index is 1.72. The van der Waals surface area contributed by atoms with Crippen molar-refractivity contribution < 1.29 is 9.53 Å². The molecule has 2 heterocycles. The Hall–Kier alpha value is -2.81. The first-order chi connectivity index (χ1) is 12.4. The number of hydrogen-bond donors (Lipinski definition) is 1. The van der Waals surface area contributed by atoms with Crippen LogP contribution in [0.2, 0.25) is 0 Å². The molecule has 0 saturated carbocycles. The van der Waals surface area contributed by atoms with E-state index in [0.29, 0.717) is 5.56 Å². The summed E-state index contributed by atoms with van der Waals surface area (Å²) in [5.74, 6) is 0. The average molecular weight is 352 g/mol. The molecule has 6 heteroatoms. The number of ether oxygens (including phenoxy) is 1. The molecule has 1 amide bonds. The van der Waals surface area contributed by atoms with Crippen LogP contribution in [0.25, 0.3) is 10.9 Å². The van der Waals surface area contributed by atoms with Gasteiger partial charge in [0.15, 0.2) is 0 Å². The summed E-state index contributed by atoms with van der Waals surface area (Å²) in [5.41, 5.74) is 1.91. The summed E-state index contributed by atoms with van der Waals surface area (Å²) in [6.07, 6.45) is 2.88. The maximum atomic E-state index is 12.0. The van der Waals surface area contributed by atoms with Gasteiger partial charge in [-0.25, -0.2) is 4.79 Å². The SMILES string of the molecule is CC(C)(C)OC(=O)NC1CCN(c2c(C#N)cnc3ccccc23)CC1. The van der Waals surface area contributed by atoms with Crippen molar-refractivity contribution >= 4 is 22.7 Å². The molecular formula is C20H24N4O2. The number of fused-ring (bicyclic) bond motifs is 1. The van der Waals surface area contributed by atoms with E-state index in [9.17, 15) is 10.1 Å². The Labute approximate surface area is 153 Å². The summed E-state index contributed by atoms with van der Waals surface area (Å²) in [4.78, 5) is 18.5. The van der Waals surface area contributed by atoms with Crippen molar-refractivity contribution in [3.05, 3.63) is 36.0 Å². The molecule has 1 saturated heterocycles. The van der Waals surface area contributed by atoms with Crippen molar-refractivity contribution in [1.29, 1.82) is 5.26 Å². The number of benzene rings is 1. The summed E-state index contributed by atoms with van der Waals surface area (Å²) in [6.45, 7) is 7.10. The summed E-state index contributed by atoms with van der Waals surface area (Å²) in [6, 6.07) is 10.2. The molecule has 0 bridgehead atoms. The van der Waals surface area contributed by atoms with Gasteiger partial charge >= 0.3 is 6.09 Å². The van der Waals surface area contributed by atoms with E-state index in [1.54, 1.807) is 6.20 Å². The van der Waals surface area contributed by atoms with E-state index in [0.717, 1.165) is 42.5 Å². The number of hydrogen-bond acceptors (Lipinski definition) is 5. The first kappa shape index (κ1) is 18.0. The number of piperidine rings is 1. The second-order valence-electron chi connectivity index (χ2n) is 7.56. The van der Waals surface area contributed by atoms with E-state index in [4.69, 9.17) is 4.74 Å². The molecule has 0 aliphatic carbocycles. The third-order valence-electron chi connectivity index (χ3n) is 4.40. The molecular weight excluding hydrogens is 328 g/mol. The predicted molar refractivity (Wildman–Crippen MR) is 101 cm³/mol. The number of carbonyl (C=O) groups is 1. The fourth-order valence-corrected chi connectivity index (χ4v) is 3.27. The van der Waals surface area contributed by atoms with Gasteiger partial charge < -0.3 is 15.0 Å². The Morgan fingerprint density at radius 2 is 2.00 bits per heavy atom. The molecule has 0 radical (unpaired) electrons. The Morgan fingerprint density at radius 3 is 2.65 bits per heavy atom. The molecule has 2 aromatic rings. The lowest BCUT2D eigenvalue weighted by Crippen LogP contribution is -2.46. The minimum absolute atomic E-state index is 0.0831. The van der Waals surface area contributed by atoms with E-state index in [2.05, 4.69) is 21.3 Å². The molecule has 136 valence electrons. The van der Waals surface area contributed by atoms with Gasteiger partial charge in [-0.3, -0.25) is 4.98 Å². The molecule has 26 heavy (non-hydrogen) atoms. The number of nitrogens with zero attached hydrogens (tertiary/aromatic N) is 3. The highest BCUT2D eigenvalue weighted by molar-refractivity contribution is 5.94. The molecule has 1 aromatic heterocycles. The summed E-state index contributed by atoms with van der Waals surface area (Å²) < 4.78 is 5.33. The second kappa shape index (κ2) is 7.20. The lowest BCUT2D eigenvalue weighted by molar-refractivity contribution is 0.0497. The van der Waals surface area contributed by atoms with E-state index < -0.39 is 5.60 Å². The molecule has 0 unspecified atom stereocenters. The van der Waals surface area contributed by atoms with Gasteiger partial charge in [0, 0.05) is 30.7 Å². The molecule has 3 rings (SSSR count). The van der Waals surface area contributed by atoms with Crippen LogP contribution in [0.3, 0.4) is 0 Å². The number of para-hydroxylation sites is 1. The number of anilines is 1. The predicted octanol–water partition coefficient (Wildman–Crippen LogP) is 3.60. The normalized spacial score (nSPS) is 15.5. The molecule has 1 N–H and O–H groups in total. The largest absolute Gasteiger partial charge is 0.444 e. The molecule has 0 atom stereocenters. The van der Waals surface area contributed by atoms with Gasteiger partial charge in [0.2, 0.25) is 0 Å². The van der Waals surface area contributed by atoms with Crippen LogP contribution in [0, 0.1) is 11.3 Å². The Morgan fingerprint density at radius 1 is 1.31 bits per heavy atom. The minimum atomic E-state index is -0.498. The van der Waals surface area contributed by atoms with Crippen LogP contribution in [-0.2, 0) is 4.74 Å². The van der Waals surface area contributed by atoms with Crippen LogP contribution in [0.4, 0.5) is 10.5 Å². The van der Waals surface area contributed by atoms with Crippen molar-refractivity contribution in [2.24, 2.45) is 0 Å². The zero-order chi connectivity index (χ0) is 18.7. The number of alkyl carbamates (subject to hydrolysis) is 1. The van der Waals surface area contributed by atoms with Gasteiger partial charge in [0.1, 0.15) is 11.7 Å². The lowest BCUT2D eigenvalue weighted by Gasteiger charge is -2.35. The molecule has 1 aliphatic rings. The molecule has 1 aromatic carbocycles. The molecule has 0 spiro atoms. The van der Waals surface area contributed by atoms with E-state index in [1.807, 2.05) is 45.0 Å². The number of nitriles is 1. The topological polar surface area (TPSA) is 78.2 Å². The third-order valence-corrected chi connectivity index (χ3v) is 4.40. The van der Waals surface area contributed by atoms with Gasteiger partial charge in [0.05, 0.1) is 16.8 Å². The van der Waals surface area contributed by atoms with Gasteiger partial charge in [-0.1, -0.05) is 18.2 Å². The standard InChI is InChI=1S/C20H24N4O2/c1-20(2,3)26-19(25)23-15-8-10-24(11-9-15)18-14(12-21)13-22-17-7-5-4-6-16(17)18/h4-7,13,15H,8-11H2,1-3H3,(H,23,25). The minimum Gasteiger partial charge on any atom is -0.444 e. The second-order valence-corrected chi connectivity index (χ2v) is 7.56. The van der Waals surface area contributed by atoms with Crippen LogP contribution < -0.4 is 10.2 Å². The number of carbonyl (C=O) groups excluding carboxylic acids is 1. The van der Waals surface area contributed by atoms with Crippen molar-refractivity contribution in [2.45, 2.75) is 45.3 Å². The van der Waals surface area contributed by atoms with Crippen molar-refractivity contribution in [2.75, 3.05) is 18.0 Å². The van der Waals surface area contributed by atoms with Gasteiger partial charge in [-0.2, -0.15) is 5.26 Å². The van der Waals surface area contributed by atoms with Crippen LogP contribution in [0.15, 0.2) is 30.5 Å². The number of nitrogens with one attached hydrogen (secondary N) is 1. The van der Waals surface area contributed by atoms with Crippen LogP contribution >= 0.6 is 0 Å². The summed E-state index contributed by atoms with van der Waals surface area (Å²) in [7, 11) is 0. The van der Waals surface area contributed by atoms with Gasteiger partial charge in [-0.05, 0) is 39.7 Å². The van der Waals surface area contributed by atoms with Crippen molar-refractivity contribution in [3.63, 3.8) is 0 Å². The molecule has 1 fully saturated rings. The van der Waals surface area contributed by atoms with E-state index >= 15 is 0 Å². The summed E-state index contributed by atoms with van der Waals surface area (Å²) >= 11 is 0. The zero-order valence-electron chi connectivity index (χ0n) is 15.5. The first-order valence-electron chi connectivity index (χ1n) is 8.90. The maximum Gasteiger partial charge on any atom is 0.407 e. The van der Waals surface area contributed by atoms with Crippen LogP contribution in [0.1, 0.15) is 39.2 Å². The smallest absolute Gasteiger partial charge is 0.407 e. The van der Waals surface area contributed by atoms with Crippen molar-refractivity contribution in [1.82, 2.24) is 10.3 Å². The monoisotopic (exact) mass is 352 g/mol. The quantitative estimate of drug-likeness (QED) is 0.893. The number of pyridine rings is 1. The Kier molecular flexibility index (Phi) is 4.99. The number of amides is 1. The van der Waals surface area contributed by atoms with E-state index in [-0.39, 0.29) is 12.1 Å². The van der Waals surface area contributed by atoms with Crippen LogP contribution in [-0.4, -0.2) is 35.8 Å². The fourth-order valence-electron chi connectivity index (χ4n) is 3.27. The highest BCUT2D eigenvalue weighted by Gasteiger charge is 2.25.